The molecule has 0 saturated carbocycles. The van der Waals surface area contributed by atoms with E-state index in [0.717, 1.165) is 16.4 Å². The lowest BCUT2D eigenvalue weighted by Gasteiger charge is -1.99. The zero-order valence-electron chi connectivity index (χ0n) is 6.80. The van der Waals surface area contributed by atoms with Crippen LogP contribution in [0.2, 0.25) is 0 Å². The number of tetrazole rings is 1. The molecule has 6 nitrogen and oxygen atoms in total. The largest absolute Gasteiger partial charge is 0.480 e. The normalized spacial score (nSPS) is 10.8. The maximum atomic E-state index is 11.8. The summed E-state index contributed by atoms with van der Waals surface area (Å²) in [4.78, 5) is 10.3. The van der Waals surface area contributed by atoms with E-state index in [9.17, 15) is 13.6 Å². The third-order valence-corrected chi connectivity index (χ3v) is 2.09. The van der Waals surface area contributed by atoms with Crippen LogP contribution in [-0.2, 0) is 11.3 Å². The van der Waals surface area contributed by atoms with Crippen molar-refractivity contribution in [3.05, 3.63) is 0 Å². The number of carboxylic acid groups (broad SMARTS) is 1. The van der Waals surface area contributed by atoms with E-state index >= 15 is 0 Å². The number of hydrogen-bond donors (Lipinski definition) is 1. The molecule has 1 aromatic heterocycles. The fraction of sp³-hybridized carbons (Fsp3) is 0.600. The smallest absolute Gasteiger partial charge is 0.325 e. The second kappa shape index (κ2) is 4.84. The Labute approximate surface area is 81.3 Å². The third-order valence-electron chi connectivity index (χ3n) is 1.12. The number of alkyl halides is 2. The van der Waals surface area contributed by atoms with Crippen LogP contribution < -0.4 is 0 Å². The fourth-order valence-electron chi connectivity index (χ4n) is 0.665. The van der Waals surface area contributed by atoms with Crippen LogP contribution in [-0.4, -0.2) is 43.5 Å². The topological polar surface area (TPSA) is 80.9 Å². The molecule has 0 amide bonds. The Kier molecular flexibility index (Phi) is 3.74. The van der Waals surface area contributed by atoms with Crippen molar-refractivity contribution in [2.24, 2.45) is 0 Å². The van der Waals surface area contributed by atoms with E-state index in [1.165, 1.54) is 0 Å². The summed E-state index contributed by atoms with van der Waals surface area (Å²) in [5, 5.41) is 18.4. The zero-order valence-corrected chi connectivity index (χ0v) is 7.62. The van der Waals surface area contributed by atoms with Crippen LogP contribution in [0, 0.1) is 0 Å². The Morgan fingerprint density at radius 1 is 1.64 bits per heavy atom. The molecule has 1 heterocycles. The third kappa shape index (κ3) is 3.24. The van der Waals surface area contributed by atoms with Gasteiger partial charge in [-0.15, -0.1) is 5.10 Å². The maximum Gasteiger partial charge on any atom is 0.325 e. The number of halogens is 2. The van der Waals surface area contributed by atoms with E-state index in [1.807, 2.05) is 0 Å². The molecule has 9 heteroatoms. The van der Waals surface area contributed by atoms with E-state index < -0.39 is 24.7 Å². The van der Waals surface area contributed by atoms with Gasteiger partial charge in [0.15, 0.2) is 0 Å². The molecule has 0 aromatic carbocycles. The van der Waals surface area contributed by atoms with E-state index in [2.05, 4.69) is 15.5 Å². The van der Waals surface area contributed by atoms with Crippen molar-refractivity contribution in [2.75, 3.05) is 5.75 Å². The average Bonchev–Trinajstić information content (AvgIpc) is 2.47. The molecule has 0 saturated heterocycles. The summed E-state index contributed by atoms with van der Waals surface area (Å²) in [6, 6.07) is 0. The Bertz CT molecular complexity index is 318. The van der Waals surface area contributed by atoms with E-state index in [0.29, 0.717) is 0 Å². The quantitative estimate of drug-likeness (QED) is 0.715. The molecule has 0 radical (unpaired) electrons. The van der Waals surface area contributed by atoms with Gasteiger partial charge in [0.05, 0.1) is 5.75 Å². The highest BCUT2D eigenvalue weighted by molar-refractivity contribution is 7.99. The monoisotopic (exact) mass is 224 g/mol. The van der Waals surface area contributed by atoms with Crippen LogP contribution in [0.3, 0.4) is 0 Å². The van der Waals surface area contributed by atoms with Crippen LogP contribution in [0.25, 0.3) is 0 Å². The molecule has 0 atom stereocenters. The van der Waals surface area contributed by atoms with E-state index in [-0.39, 0.29) is 5.16 Å². The summed E-state index contributed by atoms with van der Waals surface area (Å²) in [6.45, 7) is -0.432. The molecule has 78 valence electrons. The predicted octanol–water partition coefficient (Wildman–Crippen LogP) is 0.115. The minimum atomic E-state index is -2.48. The molecule has 14 heavy (non-hydrogen) atoms. The summed E-state index contributed by atoms with van der Waals surface area (Å²) in [5.41, 5.74) is 0. The van der Waals surface area contributed by atoms with Crippen LogP contribution in [0.1, 0.15) is 0 Å². The van der Waals surface area contributed by atoms with Gasteiger partial charge in [-0.05, 0) is 10.4 Å². The Hall–Kier alpha value is -1.25. The summed E-state index contributed by atoms with van der Waals surface area (Å²) in [5.74, 6) is -1.59. The van der Waals surface area contributed by atoms with Gasteiger partial charge in [0.1, 0.15) is 6.54 Å². The highest BCUT2D eigenvalue weighted by Gasteiger charge is 2.12. The average molecular weight is 224 g/mol. The first kappa shape index (κ1) is 10.8. The van der Waals surface area contributed by atoms with Crippen molar-refractivity contribution >= 4 is 17.7 Å². The van der Waals surface area contributed by atoms with Gasteiger partial charge in [0.25, 0.3) is 0 Å². The second-order valence-corrected chi connectivity index (χ2v) is 3.20. The first-order chi connectivity index (χ1) is 6.59. The van der Waals surface area contributed by atoms with Crippen molar-refractivity contribution in [3.8, 4) is 0 Å². The Balaban J connectivity index is 2.58. The van der Waals surface area contributed by atoms with Crippen LogP contribution >= 0.6 is 11.8 Å². The number of carboxylic acids is 1. The molecule has 1 rings (SSSR count). The number of hydrogen-bond acceptors (Lipinski definition) is 5. The summed E-state index contributed by atoms with van der Waals surface area (Å²) in [6.07, 6.45) is -2.48. The first-order valence-electron chi connectivity index (χ1n) is 3.48. The molecule has 0 fully saturated rings. The Morgan fingerprint density at radius 3 is 2.93 bits per heavy atom. The lowest BCUT2D eigenvalue weighted by atomic mass is 10.7. The standard InChI is InChI=1S/C5H6F2N4O2S/c6-3(7)2-14-5-8-9-10-11(5)1-4(12)13/h3H,1-2H2,(H,12,13). The van der Waals surface area contributed by atoms with Crippen LogP contribution in [0.4, 0.5) is 8.78 Å². The zero-order chi connectivity index (χ0) is 10.6. The van der Waals surface area contributed by atoms with Gasteiger partial charge < -0.3 is 5.11 Å². The molecule has 1 N–H and O–H groups in total. The van der Waals surface area contributed by atoms with Crippen molar-refractivity contribution < 1.29 is 18.7 Å². The van der Waals surface area contributed by atoms with Gasteiger partial charge >= 0.3 is 5.97 Å². The first-order valence-corrected chi connectivity index (χ1v) is 4.47. The number of rotatable bonds is 5. The summed E-state index contributed by atoms with van der Waals surface area (Å²) < 4.78 is 24.6. The van der Waals surface area contributed by atoms with Crippen molar-refractivity contribution in [2.45, 2.75) is 18.1 Å². The summed E-state index contributed by atoms with van der Waals surface area (Å²) >= 11 is 0.717. The van der Waals surface area contributed by atoms with Crippen molar-refractivity contribution in [1.29, 1.82) is 0 Å². The molecule has 0 bridgehead atoms. The second-order valence-electron chi connectivity index (χ2n) is 2.21. The SMILES string of the molecule is O=C(O)Cn1nnnc1SCC(F)F. The van der Waals surface area contributed by atoms with Crippen LogP contribution in [0.5, 0.6) is 0 Å². The Morgan fingerprint density at radius 2 is 2.36 bits per heavy atom. The highest BCUT2D eigenvalue weighted by Crippen LogP contribution is 2.16. The lowest BCUT2D eigenvalue weighted by Crippen LogP contribution is -2.11. The number of aliphatic carboxylic acids is 1. The molecule has 0 spiro atoms. The highest BCUT2D eigenvalue weighted by atomic mass is 32.2. The van der Waals surface area contributed by atoms with Gasteiger partial charge in [0.2, 0.25) is 11.6 Å². The minimum absolute atomic E-state index is 0.0766. The maximum absolute atomic E-state index is 11.8. The van der Waals surface area contributed by atoms with Gasteiger partial charge in [-0.2, -0.15) is 0 Å². The lowest BCUT2D eigenvalue weighted by molar-refractivity contribution is -0.138. The molecule has 1 aromatic rings. The van der Waals surface area contributed by atoms with Gasteiger partial charge in [-0.1, -0.05) is 11.8 Å². The number of aromatic nitrogens is 4. The molecular weight excluding hydrogens is 218 g/mol. The van der Waals surface area contributed by atoms with Gasteiger partial charge in [-0.25, -0.2) is 13.5 Å². The molecular formula is C5H6F2N4O2S. The molecule has 0 unspecified atom stereocenters. The fourth-order valence-corrected chi connectivity index (χ4v) is 1.28. The number of nitrogens with zero attached hydrogens (tertiary/aromatic N) is 4. The van der Waals surface area contributed by atoms with E-state index in [1.54, 1.807) is 0 Å². The number of carbonyl (C=O) groups is 1. The molecule has 0 aliphatic heterocycles. The summed E-state index contributed by atoms with van der Waals surface area (Å²) in [7, 11) is 0. The molecule has 0 aliphatic carbocycles. The molecule has 0 aliphatic rings. The predicted molar refractivity (Wildman–Crippen MR) is 42.2 cm³/mol. The van der Waals surface area contributed by atoms with Crippen molar-refractivity contribution in [1.82, 2.24) is 20.2 Å². The minimum Gasteiger partial charge on any atom is -0.480 e. The number of thioether (sulfide) groups is 1. The van der Waals surface area contributed by atoms with Crippen molar-refractivity contribution in [3.63, 3.8) is 0 Å². The van der Waals surface area contributed by atoms with Gasteiger partial charge in [0, 0.05) is 0 Å². The van der Waals surface area contributed by atoms with Gasteiger partial charge in [-0.3, -0.25) is 4.79 Å². The van der Waals surface area contributed by atoms with E-state index in [4.69, 9.17) is 5.11 Å². The van der Waals surface area contributed by atoms with Crippen LogP contribution in [0.15, 0.2) is 5.16 Å².